The molecule has 0 N–H and O–H groups in total. The van der Waals surface area contributed by atoms with Crippen molar-refractivity contribution in [2.75, 3.05) is 0 Å². The van der Waals surface area contributed by atoms with E-state index in [-0.39, 0.29) is 208 Å². The van der Waals surface area contributed by atoms with Gasteiger partial charge >= 0.3 is 89.5 Å². The van der Waals surface area contributed by atoms with E-state index in [1.54, 1.807) is 20.8 Å². The maximum Gasteiger partial charge on any atom is 0.310 e. The van der Waals surface area contributed by atoms with Crippen molar-refractivity contribution in [1.82, 2.24) is 0 Å². The van der Waals surface area contributed by atoms with Gasteiger partial charge in [-0.2, -0.15) is 0 Å². The molecule has 0 aromatic heterocycles. The van der Waals surface area contributed by atoms with Gasteiger partial charge in [0.05, 0.1) is 88.8 Å². The van der Waals surface area contributed by atoms with Crippen LogP contribution in [0.1, 0.15) is 284 Å². The minimum atomic E-state index is -0.621. The molecule has 35 atom stereocenters. The summed E-state index contributed by atoms with van der Waals surface area (Å²) in [6.45, 7) is 28.2. The van der Waals surface area contributed by atoms with Gasteiger partial charge in [0.25, 0.3) is 0 Å². The molecule has 35 unspecified atom stereocenters. The lowest BCUT2D eigenvalue weighted by Gasteiger charge is -2.34. The highest BCUT2D eigenvalue weighted by atomic mass is 16.6. The molecule has 14 saturated carbocycles. The first-order valence-electron chi connectivity index (χ1n) is 49.0. The van der Waals surface area contributed by atoms with Crippen molar-refractivity contribution in [1.29, 1.82) is 0 Å². The Balaban J connectivity index is 0.000000123. The summed E-state index contributed by atoms with van der Waals surface area (Å²) < 4.78 is 84.9. The van der Waals surface area contributed by atoms with Crippen molar-refractivity contribution in [2.24, 2.45) is 148 Å². The van der Waals surface area contributed by atoms with E-state index in [4.69, 9.17) is 71.1 Å². The predicted molar refractivity (Wildman–Crippen MR) is 447 cm³/mol. The normalized spacial score (nSPS) is 39.5. The van der Waals surface area contributed by atoms with Crippen LogP contribution in [0.3, 0.4) is 0 Å². The molecule has 19 fully saturated rings. The van der Waals surface area contributed by atoms with Gasteiger partial charge in [-0.15, -0.1) is 0 Å². The molecular formula is C98H138O30. The molecule has 30 nitrogen and oxygen atoms in total. The maximum atomic E-state index is 13.1. The van der Waals surface area contributed by atoms with E-state index < -0.39 is 119 Å². The Morgan fingerprint density at radius 1 is 0.320 bits per heavy atom. The Hall–Kier alpha value is -7.95. The molecule has 5 heterocycles. The van der Waals surface area contributed by atoms with Crippen LogP contribution in [0.15, 0.2) is 0 Å². The first-order valence-corrected chi connectivity index (χ1v) is 49.0. The van der Waals surface area contributed by atoms with Gasteiger partial charge in [0, 0.05) is 59.2 Å². The Kier molecular flexibility index (Phi) is 28.1. The lowest BCUT2D eigenvalue weighted by molar-refractivity contribution is -0.176. The highest BCUT2D eigenvalue weighted by Gasteiger charge is 2.76. The van der Waals surface area contributed by atoms with Gasteiger partial charge in [0.1, 0.15) is 90.1 Å². The van der Waals surface area contributed by atoms with Crippen molar-refractivity contribution in [2.45, 2.75) is 374 Å². The topological polar surface area (TPSA) is 394 Å². The number of carbonyl (C=O) groups excluding carboxylic acids is 15. The Bertz CT molecular complexity index is 4210. The second-order valence-corrected chi connectivity index (χ2v) is 42.5. The number of carbonyl (C=O) groups is 15. The summed E-state index contributed by atoms with van der Waals surface area (Å²) in [4.78, 5) is 187. The average molecular weight is 1800 g/mol. The highest BCUT2D eigenvalue weighted by Crippen LogP contribution is 2.65. The minimum Gasteiger partial charge on any atom is -0.462 e. The molecule has 0 radical (unpaired) electrons. The Morgan fingerprint density at radius 3 is 0.820 bits per heavy atom. The van der Waals surface area contributed by atoms with Crippen molar-refractivity contribution in [3.05, 3.63) is 0 Å². The average Bonchev–Trinajstić information content (AvgIpc) is 1.55. The molecule has 0 aromatic rings. The SMILES string of the molecule is CCC(C)C(=O)OC1C2CC3C1OC(=O)C3C2C(=O)OC(C)(C)C.CCC(C)C(=O)OC1C2CC3C1OC(=O)C3C2C(=O)OC1(C)CCCC1.CCC(C)C(=O)OC1C2CC3C1OC(=O)C3C2C(=O)OC1(CC)CCCC1.CCC(C)C(=O)OC1C2CC3C1OC(=O)C3C2C(=O)OC1CCCC1.CCC(C)C(=O)OC1C2CC3C1OC(=O)C3C2C(=O)OC1CCCCC1. The fourth-order valence-electron chi connectivity index (χ4n) is 25.8. The molecule has 19 aliphatic rings. The quantitative estimate of drug-likeness (QED) is 0.0605. The molecule has 0 amide bonds. The molecule has 10 bridgehead atoms. The number of rotatable bonds is 25. The molecule has 5 aliphatic heterocycles. The first kappa shape index (κ1) is 94.7. The van der Waals surface area contributed by atoms with Gasteiger partial charge in [0.15, 0.2) is 0 Å². The minimum absolute atomic E-state index is 0.0200. The van der Waals surface area contributed by atoms with Crippen LogP contribution in [0.4, 0.5) is 0 Å². The summed E-state index contributed by atoms with van der Waals surface area (Å²) in [5, 5.41) is 0. The first-order chi connectivity index (χ1) is 60.9. The number of hydrogen-bond acceptors (Lipinski definition) is 30. The fraction of sp³-hybridized carbons (Fsp3) is 0.847. The van der Waals surface area contributed by atoms with Crippen molar-refractivity contribution >= 4 is 89.5 Å². The third-order valence-electron chi connectivity index (χ3n) is 33.7. The van der Waals surface area contributed by atoms with E-state index in [1.165, 1.54) is 6.42 Å². The van der Waals surface area contributed by atoms with E-state index in [1.807, 2.05) is 76.2 Å². The molecular weight excluding hydrogens is 1660 g/mol. The molecule has 710 valence electrons. The fourth-order valence-corrected chi connectivity index (χ4v) is 25.8. The molecule has 30 heteroatoms. The summed E-state index contributed by atoms with van der Waals surface area (Å²) >= 11 is 0. The van der Waals surface area contributed by atoms with Gasteiger partial charge in [-0.25, -0.2) is 0 Å². The van der Waals surface area contributed by atoms with Crippen LogP contribution in [0.2, 0.25) is 0 Å². The van der Waals surface area contributed by atoms with Crippen LogP contribution < -0.4 is 0 Å². The lowest BCUT2D eigenvalue weighted by atomic mass is 9.78. The number of fused-ring (bicyclic) bond motifs is 5. The zero-order valence-electron chi connectivity index (χ0n) is 77.4. The van der Waals surface area contributed by atoms with Gasteiger partial charge < -0.3 is 71.1 Å². The highest BCUT2D eigenvalue weighted by molar-refractivity contribution is 5.91. The van der Waals surface area contributed by atoms with E-state index in [0.717, 1.165) is 109 Å². The van der Waals surface area contributed by atoms with Gasteiger partial charge in [0.2, 0.25) is 0 Å². The number of esters is 15. The van der Waals surface area contributed by atoms with E-state index in [9.17, 15) is 71.9 Å². The molecule has 5 saturated heterocycles. The summed E-state index contributed by atoms with van der Waals surface area (Å²) in [6, 6.07) is 0. The van der Waals surface area contributed by atoms with Crippen LogP contribution in [0.5, 0.6) is 0 Å². The third-order valence-corrected chi connectivity index (χ3v) is 33.7. The standard InChI is InChI=1S/C21H30O6.2C20H28O6.C19H26O6.C18H26O6/c1-4-11(3)18(22)25-16-13-10-12-14(19(23)26-17(12)16)15(13)20(24)27-21(5-2)8-6-7-9-21;1-4-10(2)17(21)24-15-12-9-11-13(18(22)25-16(11)15)14(12)19(23)26-20(3)7-5-6-8-20;1-3-10(2)18(21)25-16-12-9-13-15(20(23)26-17(13)16)14(12)19(22)24-11-7-5-4-6-8-11;1-3-9(2)17(20)24-15-11-8-12-14(19(22)25-16(12)15)13(11)18(21)23-10-6-4-5-7-10;1-6-8(2)15(19)22-13-10-7-9-11(16(20)23-14(9)13)12(10)17(21)24-18(3,4)5/h11-17H,4-10H2,1-3H3;10-16H,4-9H2,1-3H3;10-17H,3-9H2,1-2H3;9-16H,3-8H2,1-2H3;8-14H,6-7H2,1-5H3. The third kappa shape index (κ3) is 17.8. The van der Waals surface area contributed by atoms with Crippen LogP contribution in [0, 0.1) is 148 Å². The Labute approximate surface area is 750 Å². The van der Waals surface area contributed by atoms with Gasteiger partial charge in [-0.3, -0.25) is 71.9 Å². The smallest absolute Gasteiger partial charge is 0.310 e. The summed E-state index contributed by atoms with van der Waals surface area (Å²) in [6.07, 6.45) is 20.0. The molecule has 19 rings (SSSR count). The van der Waals surface area contributed by atoms with E-state index >= 15 is 0 Å². The largest absolute Gasteiger partial charge is 0.462 e. The van der Waals surface area contributed by atoms with E-state index in [2.05, 4.69) is 6.92 Å². The molecule has 128 heavy (non-hydrogen) atoms. The molecule has 0 spiro atoms. The van der Waals surface area contributed by atoms with Crippen LogP contribution in [-0.2, 0) is 143 Å². The van der Waals surface area contributed by atoms with Crippen LogP contribution in [-0.4, -0.2) is 180 Å². The van der Waals surface area contributed by atoms with Crippen molar-refractivity contribution in [3.8, 4) is 0 Å². The summed E-state index contributed by atoms with van der Waals surface area (Å²) in [5.41, 5.74) is -1.43. The zero-order valence-corrected chi connectivity index (χ0v) is 77.4. The summed E-state index contributed by atoms with van der Waals surface area (Å²) in [7, 11) is 0. The second kappa shape index (κ2) is 38.0. The molecule has 0 aromatic carbocycles. The Morgan fingerprint density at radius 2 is 0.562 bits per heavy atom. The van der Waals surface area contributed by atoms with Gasteiger partial charge in [-0.1, -0.05) is 82.6 Å². The number of hydrogen-bond donors (Lipinski definition) is 0. The molecule has 14 aliphatic carbocycles. The second-order valence-electron chi connectivity index (χ2n) is 42.5. The predicted octanol–water partition coefficient (Wildman–Crippen LogP) is 12.6. The van der Waals surface area contributed by atoms with Crippen LogP contribution >= 0.6 is 0 Å². The monoisotopic (exact) mass is 1790 g/mol. The van der Waals surface area contributed by atoms with Crippen molar-refractivity contribution < 1.29 is 143 Å². The lowest BCUT2D eigenvalue weighted by Crippen LogP contribution is -2.46. The van der Waals surface area contributed by atoms with Gasteiger partial charge in [-0.05, 0) is 201 Å². The maximum absolute atomic E-state index is 13.1. The van der Waals surface area contributed by atoms with E-state index in [0.29, 0.717) is 64.2 Å². The van der Waals surface area contributed by atoms with Crippen molar-refractivity contribution in [3.63, 3.8) is 0 Å². The summed E-state index contributed by atoms with van der Waals surface area (Å²) in [5.74, 6) is -11.5. The zero-order chi connectivity index (χ0) is 91.9. The van der Waals surface area contributed by atoms with Crippen LogP contribution in [0.25, 0.3) is 0 Å². The number of ether oxygens (including phenoxy) is 15.